The van der Waals surface area contributed by atoms with Gasteiger partial charge in [0.05, 0.1) is 24.0 Å². The highest BCUT2D eigenvalue weighted by Gasteiger charge is 2.29. The molecule has 0 radical (unpaired) electrons. The number of methoxy groups -OCH3 is 1. The largest absolute Gasteiger partial charge is 0.497 e. The van der Waals surface area contributed by atoms with Gasteiger partial charge >= 0.3 is 0 Å². The number of likely N-dealkylation sites (tertiary alicyclic amines) is 1. The number of hydrogen-bond donors (Lipinski definition) is 2. The van der Waals surface area contributed by atoms with Crippen LogP contribution in [0, 0.1) is 17.6 Å². The number of anilines is 2. The fourth-order valence-corrected chi connectivity index (χ4v) is 3.18. The molecule has 0 atom stereocenters. The minimum atomic E-state index is -0.890. The fraction of sp³-hybridized carbons (Fsp3) is 0.300. The Morgan fingerprint density at radius 1 is 1.14 bits per heavy atom. The van der Waals surface area contributed by atoms with Crippen molar-refractivity contribution in [2.24, 2.45) is 5.92 Å². The second-order valence-electron chi connectivity index (χ2n) is 6.63. The van der Waals surface area contributed by atoms with Crippen molar-refractivity contribution in [3.63, 3.8) is 0 Å². The molecule has 0 saturated carbocycles. The standard InChI is InChI=1S/C20H21F2N3O3/c1-28-14-3-5-17(23)18(11-14)24-19(26)12-6-8-25(9-7-12)20(27)15-4-2-13(21)10-16(15)22/h2-5,10-12H,6-9,23H2,1H3,(H,24,26). The first-order chi connectivity index (χ1) is 13.4. The molecule has 3 N–H and O–H groups in total. The average molecular weight is 389 g/mol. The maximum atomic E-state index is 13.8. The number of nitrogens with one attached hydrogen (secondary N) is 1. The third-order valence-corrected chi connectivity index (χ3v) is 4.83. The normalized spacial score (nSPS) is 14.6. The van der Waals surface area contributed by atoms with Crippen LogP contribution in [0.2, 0.25) is 0 Å². The average Bonchev–Trinajstić information content (AvgIpc) is 2.69. The van der Waals surface area contributed by atoms with Crippen LogP contribution in [0.15, 0.2) is 36.4 Å². The molecule has 1 fully saturated rings. The number of benzene rings is 2. The molecule has 6 nitrogen and oxygen atoms in total. The topological polar surface area (TPSA) is 84.7 Å². The first kappa shape index (κ1) is 19.6. The van der Waals surface area contributed by atoms with Crippen molar-refractivity contribution < 1.29 is 23.1 Å². The fourth-order valence-electron chi connectivity index (χ4n) is 3.18. The predicted octanol–water partition coefficient (Wildman–Crippen LogP) is 3.05. The molecule has 28 heavy (non-hydrogen) atoms. The maximum absolute atomic E-state index is 13.8. The lowest BCUT2D eigenvalue weighted by Crippen LogP contribution is -2.41. The number of ether oxygens (including phenoxy) is 1. The molecular weight excluding hydrogens is 368 g/mol. The summed E-state index contributed by atoms with van der Waals surface area (Å²) in [7, 11) is 1.52. The van der Waals surface area contributed by atoms with Crippen molar-refractivity contribution in [3.05, 3.63) is 53.6 Å². The Balaban J connectivity index is 1.60. The molecule has 0 aliphatic carbocycles. The summed E-state index contributed by atoms with van der Waals surface area (Å²) in [5.41, 5.74) is 6.61. The lowest BCUT2D eigenvalue weighted by Gasteiger charge is -2.31. The van der Waals surface area contributed by atoms with Gasteiger partial charge in [-0.1, -0.05) is 0 Å². The number of rotatable bonds is 4. The molecule has 148 valence electrons. The Kier molecular flexibility index (Phi) is 5.77. The summed E-state index contributed by atoms with van der Waals surface area (Å²) in [6, 6.07) is 7.86. The summed E-state index contributed by atoms with van der Waals surface area (Å²) >= 11 is 0. The molecule has 8 heteroatoms. The smallest absolute Gasteiger partial charge is 0.256 e. The van der Waals surface area contributed by atoms with Gasteiger partial charge in [-0.25, -0.2) is 8.78 Å². The Labute approximate surface area is 161 Å². The summed E-state index contributed by atoms with van der Waals surface area (Å²) in [6.07, 6.45) is 0.870. The molecular formula is C20H21F2N3O3. The van der Waals surface area contributed by atoms with Gasteiger partial charge in [-0.15, -0.1) is 0 Å². The van der Waals surface area contributed by atoms with Crippen molar-refractivity contribution in [3.8, 4) is 5.75 Å². The van der Waals surface area contributed by atoms with Crippen LogP contribution in [-0.4, -0.2) is 36.9 Å². The van der Waals surface area contributed by atoms with Gasteiger partial charge in [-0.3, -0.25) is 9.59 Å². The minimum Gasteiger partial charge on any atom is -0.497 e. The van der Waals surface area contributed by atoms with Crippen LogP contribution in [0.25, 0.3) is 0 Å². The summed E-state index contributed by atoms with van der Waals surface area (Å²) in [5, 5.41) is 2.80. The van der Waals surface area contributed by atoms with Gasteiger partial charge in [0.25, 0.3) is 5.91 Å². The van der Waals surface area contributed by atoms with Crippen molar-refractivity contribution in [2.45, 2.75) is 12.8 Å². The van der Waals surface area contributed by atoms with Crippen LogP contribution in [0.5, 0.6) is 5.75 Å². The Hall–Kier alpha value is -3.16. The second kappa shape index (κ2) is 8.24. The van der Waals surface area contributed by atoms with Crippen LogP contribution in [-0.2, 0) is 4.79 Å². The van der Waals surface area contributed by atoms with E-state index in [9.17, 15) is 18.4 Å². The van der Waals surface area contributed by atoms with Crippen LogP contribution >= 0.6 is 0 Å². The zero-order valence-corrected chi connectivity index (χ0v) is 15.4. The molecule has 0 bridgehead atoms. The van der Waals surface area contributed by atoms with Gasteiger partial charge in [0.2, 0.25) is 5.91 Å². The summed E-state index contributed by atoms with van der Waals surface area (Å²) in [4.78, 5) is 26.5. The van der Waals surface area contributed by atoms with Crippen molar-refractivity contribution in [2.75, 3.05) is 31.2 Å². The third kappa shape index (κ3) is 4.21. The number of piperidine rings is 1. The highest BCUT2D eigenvalue weighted by atomic mass is 19.1. The molecule has 0 aromatic heterocycles. The number of amides is 2. The molecule has 2 aromatic carbocycles. The molecule has 2 amide bonds. The molecule has 2 aromatic rings. The number of hydrogen-bond acceptors (Lipinski definition) is 4. The number of halogens is 2. The number of carbonyl (C=O) groups excluding carboxylic acids is 2. The summed E-state index contributed by atoms with van der Waals surface area (Å²) < 4.78 is 32.0. The Morgan fingerprint density at radius 3 is 2.50 bits per heavy atom. The first-order valence-electron chi connectivity index (χ1n) is 8.87. The maximum Gasteiger partial charge on any atom is 0.256 e. The Morgan fingerprint density at radius 2 is 1.86 bits per heavy atom. The molecule has 0 spiro atoms. The third-order valence-electron chi connectivity index (χ3n) is 4.83. The Bertz CT molecular complexity index is 896. The van der Waals surface area contributed by atoms with Crippen molar-refractivity contribution in [1.29, 1.82) is 0 Å². The molecule has 3 rings (SSSR count). The van der Waals surface area contributed by atoms with Gasteiger partial charge in [0.15, 0.2) is 0 Å². The van der Waals surface area contributed by atoms with Crippen molar-refractivity contribution >= 4 is 23.2 Å². The quantitative estimate of drug-likeness (QED) is 0.788. The van der Waals surface area contributed by atoms with E-state index in [1.165, 1.54) is 12.0 Å². The number of carbonyl (C=O) groups is 2. The molecule has 0 unspecified atom stereocenters. The summed E-state index contributed by atoms with van der Waals surface area (Å²) in [5.74, 6) is -2.05. The SMILES string of the molecule is COc1ccc(N)c(NC(=O)C2CCN(C(=O)c3ccc(F)cc3F)CC2)c1. The van der Waals surface area contributed by atoms with E-state index in [2.05, 4.69) is 5.32 Å². The van der Waals surface area contributed by atoms with Crippen molar-refractivity contribution in [1.82, 2.24) is 4.90 Å². The molecule has 1 aliphatic heterocycles. The second-order valence-corrected chi connectivity index (χ2v) is 6.63. The van der Waals surface area contributed by atoms with Crippen LogP contribution < -0.4 is 15.8 Å². The van der Waals surface area contributed by atoms with Crippen LogP contribution in [0.4, 0.5) is 20.2 Å². The lowest BCUT2D eigenvalue weighted by molar-refractivity contribution is -0.121. The van der Waals surface area contributed by atoms with E-state index in [1.54, 1.807) is 18.2 Å². The van der Waals surface area contributed by atoms with Gasteiger partial charge < -0.3 is 20.7 Å². The van der Waals surface area contributed by atoms with Gasteiger partial charge in [-0.2, -0.15) is 0 Å². The minimum absolute atomic E-state index is 0.173. The number of nitrogen functional groups attached to an aromatic ring is 1. The zero-order chi connectivity index (χ0) is 20.3. The molecule has 1 heterocycles. The van der Waals surface area contributed by atoms with E-state index >= 15 is 0 Å². The lowest BCUT2D eigenvalue weighted by atomic mass is 9.95. The monoisotopic (exact) mass is 389 g/mol. The van der Waals surface area contributed by atoms with Crippen LogP contribution in [0.3, 0.4) is 0 Å². The predicted molar refractivity (Wildman–Crippen MR) is 101 cm³/mol. The van der Waals surface area contributed by atoms with E-state index in [0.29, 0.717) is 49.1 Å². The van der Waals surface area contributed by atoms with E-state index in [-0.39, 0.29) is 17.4 Å². The van der Waals surface area contributed by atoms with E-state index in [4.69, 9.17) is 10.5 Å². The zero-order valence-electron chi connectivity index (χ0n) is 15.4. The van der Waals surface area contributed by atoms with Gasteiger partial charge in [-0.05, 0) is 37.1 Å². The summed E-state index contributed by atoms with van der Waals surface area (Å²) in [6.45, 7) is 0.614. The number of nitrogens with zero attached hydrogens (tertiary/aromatic N) is 1. The molecule has 1 aliphatic rings. The highest BCUT2D eigenvalue weighted by Crippen LogP contribution is 2.27. The van der Waals surface area contributed by atoms with Gasteiger partial charge in [0, 0.05) is 31.1 Å². The van der Waals surface area contributed by atoms with E-state index < -0.39 is 17.5 Å². The van der Waals surface area contributed by atoms with E-state index in [0.717, 1.165) is 12.1 Å². The highest BCUT2D eigenvalue weighted by molar-refractivity contribution is 5.97. The van der Waals surface area contributed by atoms with Crippen LogP contribution in [0.1, 0.15) is 23.2 Å². The first-order valence-corrected chi connectivity index (χ1v) is 8.87. The molecule has 1 saturated heterocycles. The van der Waals surface area contributed by atoms with E-state index in [1.807, 2.05) is 0 Å². The number of nitrogens with two attached hydrogens (primary N) is 1. The van der Waals surface area contributed by atoms with Gasteiger partial charge in [0.1, 0.15) is 17.4 Å².